The largest absolute Gasteiger partial charge is 0.306 e. The van der Waals surface area contributed by atoms with Crippen LogP contribution in [0.5, 0.6) is 0 Å². The van der Waals surface area contributed by atoms with Gasteiger partial charge in [-0.05, 0) is 41.5 Å². The van der Waals surface area contributed by atoms with Gasteiger partial charge in [-0.2, -0.15) is 9.97 Å². The SMILES string of the molecule is c1ccc(-c2cc(-c3ccccc3-c3ccccc3)nc(-c3ccccc3-n3c4ccccc4c4ccc5c6ccccc6n(-c6nc(-c7ccccc7)nc(-c7ccccc7)n6)c5c43)n2)cc1. The molecule has 13 aromatic rings. The number of fused-ring (bicyclic) bond motifs is 7. The first-order chi connectivity index (χ1) is 33.7. The maximum atomic E-state index is 5.50. The molecule has 0 amide bonds. The molecule has 0 aliphatic carbocycles. The predicted octanol–water partition coefficient (Wildman–Crippen LogP) is 14.9. The van der Waals surface area contributed by atoms with Crippen molar-refractivity contribution < 1.29 is 0 Å². The fraction of sp³-hybridized carbons (Fsp3) is 0. The van der Waals surface area contributed by atoms with Crippen molar-refractivity contribution in [3.8, 4) is 79.4 Å². The van der Waals surface area contributed by atoms with Gasteiger partial charge in [0.1, 0.15) is 0 Å². The molecule has 0 aliphatic rings. The molecular formula is C61H39N7. The lowest BCUT2D eigenvalue weighted by Crippen LogP contribution is -2.07. The second-order valence-corrected chi connectivity index (χ2v) is 16.8. The Hall–Kier alpha value is -9.33. The highest BCUT2D eigenvalue weighted by Gasteiger charge is 2.25. The Morgan fingerprint density at radius 2 is 0.706 bits per heavy atom. The van der Waals surface area contributed by atoms with Crippen LogP contribution in [0.2, 0.25) is 0 Å². The van der Waals surface area contributed by atoms with Gasteiger partial charge >= 0.3 is 0 Å². The molecule has 9 aromatic carbocycles. The summed E-state index contributed by atoms with van der Waals surface area (Å²) in [6.45, 7) is 0. The molecule has 0 saturated heterocycles. The van der Waals surface area contributed by atoms with Crippen LogP contribution in [0.3, 0.4) is 0 Å². The summed E-state index contributed by atoms with van der Waals surface area (Å²) in [6, 6.07) is 82.0. The van der Waals surface area contributed by atoms with Crippen molar-refractivity contribution in [2.24, 2.45) is 0 Å². The molecule has 0 fully saturated rings. The highest BCUT2D eigenvalue weighted by Crippen LogP contribution is 2.43. The van der Waals surface area contributed by atoms with E-state index in [4.69, 9.17) is 24.9 Å². The van der Waals surface area contributed by atoms with Crippen LogP contribution in [0.1, 0.15) is 0 Å². The third-order valence-electron chi connectivity index (χ3n) is 12.8. The van der Waals surface area contributed by atoms with E-state index < -0.39 is 0 Å². The summed E-state index contributed by atoms with van der Waals surface area (Å²) in [6.07, 6.45) is 0. The fourth-order valence-corrected chi connectivity index (χ4v) is 9.75. The molecule has 318 valence electrons. The van der Waals surface area contributed by atoms with Crippen molar-refractivity contribution in [3.05, 3.63) is 237 Å². The molecule has 68 heavy (non-hydrogen) atoms. The normalized spacial score (nSPS) is 11.5. The summed E-state index contributed by atoms with van der Waals surface area (Å²) in [4.78, 5) is 26.6. The summed E-state index contributed by atoms with van der Waals surface area (Å²) < 4.78 is 4.63. The number of rotatable bonds is 8. The van der Waals surface area contributed by atoms with Crippen molar-refractivity contribution in [1.82, 2.24) is 34.1 Å². The summed E-state index contributed by atoms with van der Waals surface area (Å²) >= 11 is 0. The van der Waals surface area contributed by atoms with Gasteiger partial charge in [-0.25, -0.2) is 15.0 Å². The lowest BCUT2D eigenvalue weighted by molar-refractivity contribution is 0.953. The fourth-order valence-electron chi connectivity index (χ4n) is 9.75. The Morgan fingerprint density at radius 3 is 1.31 bits per heavy atom. The van der Waals surface area contributed by atoms with Crippen molar-refractivity contribution in [3.63, 3.8) is 0 Å². The monoisotopic (exact) mass is 869 g/mol. The number of aromatic nitrogens is 7. The number of hydrogen-bond acceptors (Lipinski definition) is 5. The highest BCUT2D eigenvalue weighted by molar-refractivity contribution is 6.24. The van der Waals surface area contributed by atoms with Crippen LogP contribution in [0.15, 0.2) is 237 Å². The van der Waals surface area contributed by atoms with Crippen LogP contribution in [0, 0.1) is 0 Å². The summed E-state index contributed by atoms with van der Waals surface area (Å²) in [7, 11) is 0. The van der Waals surface area contributed by atoms with Gasteiger partial charge in [-0.1, -0.05) is 206 Å². The minimum absolute atomic E-state index is 0.530. The molecule has 7 heteroatoms. The zero-order valence-electron chi connectivity index (χ0n) is 36.6. The van der Waals surface area contributed by atoms with E-state index in [0.717, 1.165) is 99.6 Å². The van der Waals surface area contributed by atoms with Gasteiger partial charge in [-0.15, -0.1) is 0 Å². The average molecular weight is 870 g/mol. The molecule has 0 spiro atoms. The average Bonchev–Trinajstić information content (AvgIpc) is 3.95. The summed E-state index contributed by atoms with van der Waals surface area (Å²) in [5.41, 5.74) is 13.6. The Kier molecular flexibility index (Phi) is 9.35. The molecule has 0 unspecified atom stereocenters. The summed E-state index contributed by atoms with van der Waals surface area (Å²) in [5, 5.41) is 4.40. The van der Waals surface area contributed by atoms with E-state index in [1.165, 1.54) is 0 Å². The predicted molar refractivity (Wildman–Crippen MR) is 277 cm³/mol. The first-order valence-electron chi connectivity index (χ1n) is 22.8. The van der Waals surface area contributed by atoms with Gasteiger partial charge in [0.15, 0.2) is 17.5 Å². The van der Waals surface area contributed by atoms with E-state index in [-0.39, 0.29) is 0 Å². The molecule has 0 atom stereocenters. The van der Waals surface area contributed by atoms with E-state index in [2.05, 4.69) is 179 Å². The zero-order valence-corrected chi connectivity index (χ0v) is 36.6. The van der Waals surface area contributed by atoms with Crippen LogP contribution in [0.25, 0.3) is 123 Å². The Bertz CT molecular complexity index is 3950. The van der Waals surface area contributed by atoms with Crippen LogP contribution >= 0.6 is 0 Å². The molecule has 0 bridgehead atoms. The Labute approximate surface area is 392 Å². The first kappa shape index (κ1) is 39.1. The van der Waals surface area contributed by atoms with Gasteiger partial charge in [-0.3, -0.25) is 4.57 Å². The van der Waals surface area contributed by atoms with E-state index in [1.54, 1.807) is 0 Å². The molecular weight excluding hydrogens is 831 g/mol. The van der Waals surface area contributed by atoms with E-state index in [1.807, 2.05) is 66.7 Å². The molecule has 0 N–H and O–H groups in total. The number of para-hydroxylation sites is 3. The van der Waals surface area contributed by atoms with Crippen molar-refractivity contribution in [1.29, 1.82) is 0 Å². The molecule has 4 aromatic heterocycles. The Balaban J connectivity index is 1.12. The van der Waals surface area contributed by atoms with Crippen molar-refractivity contribution >= 4 is 43.6 Å². The molecule has 13 rings (SSSR count). The Morgan fingerprint density at radius 1 is 0.265 bits per heavy atom. The first-order valence-corrected chi connectivity index (χ1v) is 22.8. The van der Waals surface area contributed by atoms with Gasteiger partial charge in [0.2, 0.25) is 5.95 Å². The maximum Gasteiger partial charge on any atom is 0.238 e. The van der Waals surface area contributed by atoms with Crippen molar-refractivity contribution in [2.45, 2.75) is 0 Å². The smallest absolute Gasteiger partial charge is 0.238 e. The van der Waals surface area contributed by atoms with Gasteiger partial charge in [0.25, 0.3) is 0 Å². The lowest BCUT2D eigenvalue weighted by atomic mass is 9.96. The number of nitrogens with zero attached hydrogens (tertiary/aromatic N) is 7. The standard InChI is InChI=1S/C61H39N7/c1-5-21-40(22-6-1)44-29-13-14-30-45(44)52-39-51(41-23-7-2-8-24-41)62-60(63-52)50-33-17-20-36-55(50)67-53-34-18-15-31-46(53)48-37-38-49-47-32-16-19-35-54(47)68(57(49)56(48)67)61-65-58(42-25-9-3-10-26-42)64-59(66-61)43-27-11-4-12-28-43/h1-39H. The van der Waals surface area contributed by atoms with Gasteiger partial charge in [0, 0.05) is 49.4 Å². The van der Waals surface area contributed by atoms with E-state index in [9.17, 15) is 0 Å². The highest BCUT2D eigenvalue weighted by atomic mass is 15.2. The molecule has 0 aliphatic heterocycles. The minimum Gasteiger partial charge on any atom is -0.306 e. The van der Waals surface area contributed by atoms with Crippen LogP contribution < -0.4 is 0 Å². The van der Waals surface area contributed by atoms with Gasteiger partial charge in [0.05, 0.1) is 39.1 Å². The number of benzene rings is 9. The van der Waals surface area contributed by atoms with E-state index >= 15 is 0 Å². The number of hydrogen-bond donors (Lipinski definition) is 0. The molecule has 4 heterocycles. The van der Waals surface area contributed by atoms with Crippen LogP contribution in [-0.2, 0) is 0 Å². The second kappa shape index (κ2) is 16.3. The van der Waals surface area contributed by atoms with E-state index in [0.29, 0.717) is 23.4 Å². The lowest BCUT2D eigenvalue weighted by Gasteiger charge is -2.17. The second-order valence-electron chi connectivity index (χ2n) is 16.8. The maximum absolute atomic E-state index is 5.50. The quantitative estimate of drug-likeness (QED) is 0.152. The van der Waals surface area contributed by atoms with Crippen LogP contribution in [0.4, 0.5) is 0 Å². The summed E-state index contributed by atoms with van der Waals surface area (Å²) in [5.74, 6) is 2.34. The van der Waals surface area contributed by atoms with Gasteiger partial charge < -0.3 is 4.57 Å². The molecule has 0 saturated carbocycles. The third-order valence-corrected chi connectivity index (χ3v) is 12.8. The zero-order chi connectivity index (χ0) is 45.0. The van der Waals surface area contributed by atoms with Crippen LogP contribution in [-0.4, -0.2) is 34.1 Å². The van der Waals surface area contributed by atoms with Crippen molar-refractivity contribution in [2.75, 3.05) is 0 Å². The molecule has 0 radical (unpaired) electrons. The molecule has 7 nitrogen and oxygen atoms in total. The third kappa shape index (κ3) is 6.56. The minimum atomic E-state index is 0.530. The topological polar surface area (TPSA) is 74.3 Å².